The highest BCUT2D eigenvalue weighted by Crippen LogP contribution is 2.41. The van der Waals surface area contributed by atoms with E-state index in [4.69, 9.17) is 4.74 Å². The molecule has 2 aromatic carbocycles. The predicted molar refractivity (Wildman–Crippen MR) is 95.1 cm³/mol. The zero-order valence-corrected chi connectivity index (χ0v) is 16.3. The summed E-state index contributed by atoms with van der Waals surface area (Å²) < 4.78 is 7.70. The van der Waals surface area contributed by atoms with E-state index in [0.29, 0.717) is 0 Å². The van der Waals surface area contributed by atoms with Crippen LogP contribution < -0.4 is 4.74 Å². The van der Waals surface area contributed by atoms with E-state index in [2.05, 4.69) is 92.0 Å². The Labute approximate surface area is 145 Å². The maximum absolute atomic E-state index is 5.52. The summed E-state index contributed by atoms with van der Waals surface area (Å²) in [7, 11) is 1.70. The molecule has 0 aliphatic carbocycles. The van der Waals surface area contributed by atoms with Crippen molar-refractivity contribution >= 4 is 47.8 Å². The van der Waals surface area contributed by atoms with E-state index < -0.39 is 0 Å². The van der Waals surface area contributed by atoms with Gasteiger partial charge in [0, 0.05) is 14.5 Å². The largest absolute Gasteiger partial charge is 0.496 e. The maximum atomic E-state index is 5.52. The molecule has 0 radical (unpaired) electrons. The first-order valence-corrected chi connectivity index (χ1v) is 8.68. The Morgan fingerprint density at radius 2 is 1.65 bits per heavy atom. The monoisotopic (exact) mass is 460 g/mol. The third-order valence-corrected chi connectivity index (χ3v) is 5.74. The van der Waals surface area contributed by atoms with Gasteiger partial charge >= 0.3 is 0 Å². The molecule has 0 N–H and O–H groups in total. The summed E-state index contributed by atoms with van der Waals surface area (Å²) in [4.78, 5) is 0.0734. The molecule has 0 spiro atoms. The molecule has 0 amide bonds. The molecule has 0 fully saturated rings. The average Bonchev–Trinajstić information content (AvgIpc) is 2.40. The van der Waals surface area contributed by atoms with E-state index >= 15 is 0 Å². The molecule has 20 heavy (non-hydrogen) atoms. The highest BCUT2D eigenvalue weighted by Gasteiger charge is 2.19. The van der Waals surface area contributed by atoms with Crippen LogP contribution in [-0.4, -0.2) is 7.11 Å². The fourth-order valence-corrected chi connectivity index (χ4v) is 4.20. The SMILES string of the molecule is COc1cc(C)c(Br)cc1C(Br)c1ccc(C)cc1Br. The average molecular weight is 463 g/mol. The van der Waals surface area contributed by atoms with Crippen molar-refractivity contribution in [2.45, 2.75) is 18.7 Å². The van der Waals surface area contributed by atoms with E-state index in [9.17, 15) is 0 Å². The lowest BCUT2D eigenvalue weighted by Crippen LogP contribution is -1.99. The Bertz CT molecular complexity index is 638. The molecule has 0 aromatic heterocycles. The fourth-order valence-electron chi connectivity index (χ4n) is 2.05. The van der Waals surface area contributed by atoms with Gasteiger partial charge in [0.15, 0.2) is 0 Å². The van der Waals surface area contributed by atoms with Gasteiger partial charge in [-0.3, -0.25) is 0 Å². The summed E-state index contributed by atoms with van der Waals surface area (Å²) in [6.07, 6.45) is 0. The van der Waals surface area contributed by atoms with Gasteiger partial charge in [0.1, 0.15) is 5.75 Å². The Hall–Kier alpha value is -0.320. The van der Waals surface area contributed by atoms with E-state index in [1.807, 2.05) is 0 Å². The number of hydrogen-bond donors (Lipinski definition) is 0. The quantitative estimate of drug-likeness (QED) is 0.485. The van der Waals surface area contributed by atoms with Crippen molar-refractivity contribution < 1.29 is 4.74 Å². The molecule has 0 heterocycles. The van der Waals surface area contributed by atoms with Gasteiger partial charge in [-0.15, -0.1) is 0 Å². The van der Waals surface area contributed by atoms with Gasteiger partial charge in [0.2, 0.25) is 0 Å². The number of benzene rings is 2. The van der Waals surface area contributed by atoms with Crippen molar-refractivity contribution in [3.8, 4) is 5.75 Å². The highest BCUT2D eigenvalue weighted by molar-refractivity contribution is 9.11. The molecule has 1 nitrogen and oxygen atoms in total. The molecular formula is C16H15Br3O. The lowest BCUT2D eigenvalue weighted by Gasteiger charge is -2.18. The third-order valence-electron chi connectivity index (χ3n) is 3.21. The van der Waals surface area contributed by atoms with Gasteiger partial charge in [-0.25, -0.2) is 0 Å². The van der Waals surface area contributed by atoms with Gasteiger partial charge in [0.25, 0.3) is 0 Å². The predicted octanol–water partition coefficient (Wildman–Crippen LogP) is 6.32. The van der Waals surface area contributed by atoms with Crippen molar-refractivity contribution in [3.05, 3.63) is 61.5 Å². The molecule has 1 unspecified atom stereocenters. The van der Waals surface area contributed by atoms with Crippen LogP contribution >= 0.6 is 47.8 Å². The van der Waals surface area contributed by atoms with Gasteiger partial charge in [-0.05, 0) is 48.7 Å². The second-order valence-electron chi connectivity index (χ2n) is 4.73. The summed E-state index contributed by atoms with van der Waals surface area (Å²) in [5.74, 6) is 0.889. The Balaban J connectivity index is 2.52. The molecule has 2 aromatic rings. The van der Waals surface area contributed by atoms with Crippen molar-refractivity contribution in [2.24, 2.45) is 0 Å². The maximum Gasteiger partial charge on any atom is 0.123 e. The van der Waals surface area contributed by atoms with E-state index in [-0.39, 0.29) is 4.83 Å². The van der Waals surface area contributed by atoms with Crippen molar-refractivity contribution in [2.75, 3.05) is 7.11 Å². The normalized spacial score (nSPS) is 12.3. The molecule has 0 bridgehead atoms. The third kappa shape index (κ3) is 3.29. The molecule has 2 rings (SSSR count). The van der Waals surface area contributed by atoms with Gasteiger partial charge in [-0.1, -0.05) is 59.9 Å². The minimum absolute atomic E-state index is 0.0734. The first kappa shape index (κ1) is 16.1. The first-order chi connectivity index (χ1) is 9.43. The van der Waals surface area contributed by atoms with Crippen LogP contribution in [0.5, 0.6) is 5.75 Å². The summed E-state index contributed by atoms with van der Waals surface area (Å²) in [5.41, 5.74) is 4.69. The molecule has 4 heteroatoms. The standard InChI is InChI=1S/C16H15Br3O/c1-9-4-5-11(14(18)6-9)16(19)12-8-13(17)10(2)7-15(12)20-3/h4-8,16H,1-3H3. The number of alkyl halides is 1. The van der Waals surface area contributed by atoms with E-state index in [1.54, 1.807) is 7.11 Å². The highest BCUT2D eigenvalue weighted by atomic mass is 79.9. The number of hydrogen-bond acceptors (Lipinski definition) is 1. The van der Waals surface area contributed by atoms with Crippen molar-refractivity contribution in [1.29, 1.82) is 0 Å². The lowest BCUT2D eigenvalue weighted by atomic mass is 10.0. The lowest BCUT2D eigenvalue weighted by molar-refractivity contribution is 0.410. The van der Waals surface area contributed by atoms with Crippen LogP contribution in [0.25, 0.3) is 0 Å². The summed E-state index contributed by atoms with van der Waals surface area (Å²) in [6, 6.07) is 10.5. The smallest absolute Gasteiger partial charge is 0.123 e. The molecule has 0 aliphatic heterocycles. The minimum Gasteiger partial charge on any atom is -0.496 e. The Morgan fingerprint density at radius 1 is 0.950 bits per heavy atom. The van der Waals surface area contributed by atoms with Crippen molar-refractivity contribution in [3.63, 3.8) is 0 Å². The molecule has 0 aliphatic rings. The zero-order chi connectivity index (χ0) is 14.9. The first-order valence-electron chi connectivity index (χ1n) is 6.18. The van der Waals surface area contributed by atoms with Gasteiger partial charge in [-0.2, -0.15) is 0 Å². The van der Waals surface area contributed by atoms with Crippen LogP contribution in [0.15, 0.2) is 39.3 Å². The number of ether oxygens (including phenoxy) is 1. The van der Waals surface area contributed by atoms with E-state index in [1.165, 1.54) is 11.1 Å². The zero-order valence-electron chi connectivity index (χ0n) is 11.5. The van der Waals surface area contributed by atoms with Crippen LogP contribution in [0.3, 0.4) is 0 Å². The molecular weight excluding hydrogens is 448 g/mol. The number of aryl methyl sites for hydroxylation is 2. The summed E-state index contributed by atoms with van der Waals surface area (Å²) in [5, 5.41) is 0. The molecule has 1 atom stereocenters. The van der Waals surface area contributed by atoms with Crippen LogP contribution in [0, 0.1) is 13.8 Å². The van der Waals surface area contributed by atoms with Crippen molar-refractivity contribution in [1.82, 2.24) is 0 Å². The number of halogens is 3. The van der Waals surface area contributed by atoms with Crippen LogP contribution in [0.2, 0.25) is 0 Å². The summed E-state index contributed by atoms with van der Waals surface area (Å²) >= 11 is 11.0. The minimum atomic E-state index is 0.0734. The molecule has 106 valence electrons. The van der Waals surface area contributed by atoms with Crippen LogP contribution in [0.1, 0.15) is 27.1 Å². The van der Waals surface area contributed by atoms with Crippen LogP contribution in [-0.2, 0) is 0 Å². The van der Waals surface area contributed by atoms with E-state index in [0.717, 1.165) is 25.8 Å². The van der Waals surface area contributed by atoms with Crippen LogP contribution in [0.4, 0.5) is 0 Å². The van der Waals surface area contributed by atoms with Gasteiger partial charge in [0.05, 0.1) is 11.9 Å². The topological polar surface area (TPSA) is 9.23 Å². The molecule has 0 saturated carbocycles. The van der Waals surface area contributed by atoms with Gasteiger partial charge < -0.3 is 4.74 Å². The Morgan fingerprint density at radius 3 is 2.25 bits per heavy atom. The number of rotatable bonds is 3. The fraction of sp³-hybridized carbons (Fsp3) is 0.250. The molecule has 0 saturated heterocycles. The number of methoxy groups -OCH3 is 1. The Kier molecular flexibility index (Phi) is 5.32. The second kappa shape index (κ2) is 6.63. The summed E-state index contributed by atoms with van der Waals surface area (Å²) in [6.45, 7) is 4.14. The second-order valence-corrected chi connectivity index (χ2v) is 7.36.